The standard InChI is InChI=1S/C21H26O5/c1-2-3-4-5-8-13-25-20(22)15-24-16-21(23)26-19-12-11-17-9-6-7-10-18(17)14-19/h6-7,9-12,14H,2-5,8,13,15-16H2,1H3. The van der Waals surface area contributed by atoms with Crippen LogP contribution in [0.25, 0.3) is 10.8 Å². The van der Waals surface area contributed by atoms with E-state index in [2.05, 4.69) is 6.92 Å². The summed E-state index contributed by atoms with van der Waals surface area (Å²) < 4.78 is 15.3. The van der Waals surface area contributed by atoms with Gasteiger partial charge in [0.1, 0.15) is 19.0 Å². The van der Waals surface area contributed by atoms with Gasteiger partial charge in [-0.05, 0) is 29.3 Å². The van der Waals surface area contributed by atoms with Crippen LogP contribution >= 0.6 is 0 Å². The molecular weight excluding hydrogens is 332 g/mol. The smallest absolute Gasteiger partial charge is 0.337 e. The summed E-state index contributed by atoms with van der Waals surface area (Å²) in [5, 5.41) is 2.06. The average Bonchev–Trinajstić information content (AvgIpc) is 2.64. The number of unbranched alkanes of at least 4 members (excludes halogenated alkanes) is 4. The lowest BCUT2D eigenvalue weighted by Crippen LogP contribution is -2.20. The van der Waals surface area contributed by atoms with Crippen molar-refractivity contribution in [2.24, 2.45) is 0 Å². The highest BCUT2D eigenvalue weighted by atomic mass is 16.6. The number of carbonyl (C=O) groups excluding carboxylic acids is 2. The second kappa shape index (κ2) is 11.3. The van der Waals surface area contributed by atoms with Crippen LogP contribution in [0.1, 0.15) is 39.0 Å². The van der Waals surface area contributed by atoms with Gasteiger partial charge >= 0.3 is 11.9 Å². The first-order chi connectivity index (χ1) is 12.7. The lowest BCUT2D eigenvalue weighted by atomic mass is 10.1. The highest BCUT2D eigenvalue weighted by Crippen LogP contribution is 2.20. The highest BCUT2D eigenvalue weighted by molar-refractivity contribution is 5.84. The molecule has 0 saturated heterocycles. The van der Waals surface area contributed by atoms with Gasteiger partial charge < -0.3 is 14.2 Å². The van der Waals surface area contributed by atoms with Crippen molar-refractivity contribution in [2.45, 2.75) is 39.0 Å². The van der Waals surface area contributed by atoms with Crippen molar-refractivity contribution in [2.75, 3.05) is 19.8 Å². The topological polar surface area (TPSA) is 61.8 Å². The lowest BCUT2D eigenvalue weighted by Gasteiger charge is -2.07. The van der Waals surface area contributed by atoms with Gasteiger partial charge in [0.15, 0.2) is 0 Å². The summed E-state index contributed by atoms with van der Waals surface area (Å²) in [7, 11) is 0. The first-order valence-corrected chi connectivity index (χ1v) is 9.12. The molecule has 0 bridgehead atoms. The van der Waals surface area contributed by atoms with Gasteiger partial charge in [-0.25, -0.2) is 9.59 Å². The molecule has 0 aromatic heterocycles. The zero-order valence-corrected chi connectivity index (χ0v) is 15.2. The van der Waals surface area contributed by atoms with E-state index in [1.54, 1.807) is 12.1 Å². The Labute approximate surface area is 154 Å². The average molecular weight is 358 g/mol. The maximum Gasteiger partial charge on any atom is 0.337 e. The predicted molar refractivity (Wildman–Crippen MR) is 100 cm³/mol. The number of ether oxygens (including phenoxy) is 3. The van der Waals surface area contributed by atoms with Crippen LogP contribution in [-0.2, 0) is 19.1 Å². The Morgan fingerprint density at radius 1 is 0.846 bits per heavy atom. The third kappa shape index (κ3) is 7.23. The van der Waals surface area contributed by atoms with Crippen LogP contribution in [-0.4, -0.2) is 31.8 Å². The molecule has 5 nitrogen and oxygen atoms in total. The van der Waals surface area contributed by atoms with Crippen LogP contribution in [0.15, 0.2) is 42.5 Å². The van der Waals surface area contributed by atoms with Crippen molar-refractivity contribution in [3.63, 3.8) is 0 Å². The van der Waals surface area contributed by atoms with Gasteiger partial charge in [-0.2, -0.15) is 0 Å². The third-order valence-corrected chi connectivity index (χ3v) is 3.90. The maximum absolute atomic E-state index is 11.8. The Morgan fingerprint density at radius 3 is 2.38 bits per heavy atom. The minimum atomic E-state index is -0.548. The van der Waals surface area contributed by atoms with Crippen molar-refractivity contribution >= 4 is 22.7 Å². The van der Waals surface area contributed by atoms with Crippen LogP contribution < -0.4 is 4.74 Å². The quantitative estimate of drug-likeness (QED) is 0.341. The maximum atomic E-state index is 11.8. The summed E-state index contributed by atoms with van der Waals surface area (Å²) in [6.45, 7) is 2.01. The van der Waals surface area contributed by atoms with Crippen molar-refractivity contribution in [3.8, 4) is 5.75 Å². The molecule has 0 heterocycles. The first-order valence-electron chi connectivity index (χ1n) is 9.12. The van der Waals surface area contributed by atoms with E-state index in [1.807, 2.05) is 30.3 Å². The number of esters is 2. The third-order valence-electron chi connectivity index (χ3n) is 3.90. The molecule has 0 spiro atoms. The second-order valence-electron chi connectivity index (χ2n) is 6.11. The molecule has 0 atom stereocenters. The number of carbonyl (C=O) groups is 2. The molecule has 140 valence electrons. The van der Waals surface area contributed by atoms with E-state index in [9.17, 15) is 9.59 Å². The van der Waals surface area contributed by atoms with E-state index in [4.69, 9.17) is 14.2 Å². The van der Waals surface area contributed by atoms with E-state index in [0.717, 1.165) is 30.0 Å². The van der Waals surface area contributed by atoms with Gasteiger partial charge in [0, 0.05) is 0 Å². The Bertz CT molecular complexity index is 710. The lowest BCUT2D eigenvalue weighted by molar-refractivity contribution is -0.152. The number of fused-ring (bicyclic) bond motifs is 1. The Morgan fingerprint density at radius 2 is 1.58 bits per heavy atom. The normalized spacial score (nSPS) is 10.7. The fraction of sp³-hybridized carbons (Fsp3) is 0.429. The molecule has 0 saturated carbocycles. The van der Waals surface area contributed by atoms with E-state index >= 15 is 0 Å². The summed E-state index contributed by atoms with van der Waals surface area (Å²) in [5.41, 5.74) is 0. The van der Waals surface area contributed by atoms with Crippen LogP contribution in [0.3, 0.4) is 0 Å². The molecule has 0 aliphatic heterocycles. The van der Waals surface area contributed by atoms with Crippen LogP contribution in [0.5, 0.6) is 5.75 Å². The summed E-state index contributed by atoms with van der Waals surface area (Å²) in [6, 6.07) is 13.2. The number of hydrogen-bond donors (Lipinski definition) is 0. The van der Waals surface area contributed by atoms with Gasteiger partial charge in [-0.1, -0.05) is 62.9 Å². The van der Waals surface area contributed by atoms with E-state index in [-0.39, 0.29) is 13.2 Å². The van der Waals surface area contributed by atoms with Gasteiger partial charge in [0.25, 0.3) is 0 Å². The SMILES string of the molecule is CCCCCCCOC(=O)COCC(=O)Oc1ccc2ccccc2c1. The molecule has 0 fully saturated rings. The van der Waals surface area contributed by atoms with Crippen LogP contribution in [0, 0.1) is 0 Å². The summed E-state index contributed by atoms with van der Waals surface area (Å²) >= 11 is 0. The van der Waals surface area contributed by atoms with E-state index in [1.165, 1.54) is 12.8 Å². The Kier molecular flexibility index (Phi) is 8.63. The molecule has 2 aromatic rings. The van der Waals surface area contributed by atoms with Crippen molar-refractivity contribution < 1.29 is 23.8 Å². The Balaban J connectivity index is 1.61. The zero-order valence-electron chi connectivity index (χ0n) is 15.2. The highest BCUT2D eigenvalue weighted by Gasteiger charge is 2.09. The van der Waals surface area contributed by atoms with Gasteiger partial charge in [0.05, 0.1) is 6.61 Å². The zero-order chi connectivity index (χ0) is 18.6. The van der Waals surface area contributed by atoms with Crippen LogP contribution in [0.4, 0.5) is 0 Å². The van der Waals surface area contributed by atoms with E-state index in [0.29, 0.717) is 12.4 Å². The minimum absolute atomic E-state index is 0.248. The monoisotopic (exact) mass is 358 g/mol. The van der Waals surface area contributed by atoms with Gasteiger partial charge in [-0.3, -0.25) is 0 Å². The van der Waals surface area contributed by atoms with Crippen molar-refractivity contribution in [1.82, 2.24) is 0 Å². The summed E-state index contributed by atoms with van der Waals surface area (Å²) in [6.07, 6.45) is 5.46. The van der Waals surface area contributed by atoms with Gasteiger partial charge in [0.2, 0.25) is 0 Å². The molecular formula is C21H26O5. The fourth-order valence-electron chi connectivity index (χ4n) is 2.54. The molecule has 0 radical (unpaired) electrons. The summed E-state index contributed by atoms with van der Waals surface area (Å²) in [5.74, 6) is -0.557. The molecule has 0 N–H and O–H groups in total. The molecule has 5 heteroatoms. The Hall–Kier alpha value is -2.40. The molecule has 26 heavy (non-hydrogen) atoms. The van der Waals surface area contributed by atoms with Crippen LogP contribution in [0.2, 0.25) is 0 Å². The largest absolute Gasteiger partial charge is 0.464 e. The van der Waals surface area contributed by atoms with Crippen molar-refractivity contribution in [3.05, 3.63) is 42.5 Å². The molecule has 0 aliphatic carbocycles. The molecule has 0 amide bonds. The molecule has 0 aliphatic rings. The summed E-state index contributed by atoms with van der Waals surface area (Å²) in [4.78, 5) is 23.3. The van der Waals surface area contributed by atoms with Crippen molar-refractivity contribution in [1.29, 1.82) is 0 Å². The molecule has 2 aromatic carbocycles. The first kappa shape index (κ1) is 19.9. The van der Waals surface area contributed by atoms with Gasteiger partial charge in [-0.15, -0.1) is 0 Å². The second-order valence-corrected chi connectivity index (χ2v) is 6.11. The number of benzene rings is 2. The predicted octanol–water partition coefficient (Wildman–Crippen LogP) is 4.28. The molecule has 0 unspecified atom stereocenters. The fourth-order valence-corrected chi connectivity index (χ4v) is 2.54. The minimum Gasteiger partial charge on any atom is -0.464 e. The number of rotatable bonds is 11. The van der Waals surface area contributed by atoms with E-state index < -0.39 is 11.9 Å². The molecule has 2 rings (SSSR count). The number of hydrogen-bond acceptors (Lipinski definition) is 5.